The number of fused-ring (bicyclic) bond motifs is 1. The van der Waals surface area contributed by atoms with Gasteiger partial charge in [0.15, 0.2) is 0 Å². The second kappa shape index (κ2) is 7.17. The molecule has 0 aliphatic rings. The van der Waals surface area contributed by atoms with Gasteiger partial charge < -0.3 is 10.2 Å². The predicted molar refractivity (Wildman–Crippen MR) is 102 cm³/mol. The number of anilines is 3. The number of nitrogens with zero attached hydrogens (tertiary/aromatic N) is 3. The smallest absolute Gasteiger partial charge is 0.258 e. The van der Waals surface area contributed by atoms with E-state index in [4.69, 9.17) is 0 Å². The molecule has 6 heteroatoms. The highest BCUT2D eigenvalue weighted by Gasteiger charge is 2.11. The summed E-state index contributed by atoms with van der Waals surface area (Å²) in [4.78, 5) is 23.3. The Morgan fingerprint density at radius 3 is 2.44 bits per heavy atom. The lowest BCUT2D eigenvalue weighted by molar-refractivity contribution is 0.102. The number of para-hydroxylation sites is 1. The summed E-state index contributed by atoms with van der Waals surface area (Å²) in [5.74, 6) is 0.769. The molecule has 1 aromatic heterocycles. The van der Waals surface area contributed by atoms with Gasteiger partial charge in [-0.3, -0.25) is 10.1 Å². The number of carbonyl (C=O) groups is 1. The Balaban J connectivity index is 1.87. The normalized spacial score (nSPS) is 10.5. The van der Waals surface area contributed by atoms with Gasteiger partial charge in [0, 0.05) is 37.3 Å². The van der Waals surface area contributed by atoms with Gasteiger partial charge in [0.25, 0.3) is 5.91 Å². The van der Waals surface area contributed by atoms with Gasteiger partial charge in [0.2, 0.25) is 5.95 Å². The minimum Gasteiger partial charge on any atom is -0.378 e. The Morgan fingerprint density at radius 1 is 1.04 bits per heavy atom. The van der Waals surface area contributed by atoms with Crippen LogP contribution in [0.4, 0.5) is 17.5 Å². The standard InChI is InChI=1S/C19H21N5O/c1-4-20-17-15-7-5-6-8-16(15)21-19(22-17)23-18(25)13-9-11-14(12-10-13)24(2)3/h5-12H,4H2,1-3H3,(H2,20,21,22,23,25). The van der Waals surface area contributed by atoms with Gasteiger partial charge in [-0.2, -0.15) is 4.98 Å². The number of aromatic nitrogens is 2. The largest absolute Gasteiger partial charge is 0.378 e. The highest BCUT2D eigenvalue weighted by atomic mass is 16.1. The van der Waals surface area contributed by atoms with Gasteiger partial charge in [-0.1, -0.05) is 12.1 Å². The molecule has 6 nitrogen and oxygen atoms in total. The third kappa shape index (κ3) is 3.68. The van der Waals surface area contributed by atoms with Gasteiger partial charge in [-0.15, -0.1) is 0 Å². The first kappa shape index (κ1) is 16.7. The lowest BCUT2D eigenvalue weighted by atomic mass is 10.2. The molecule has 0 bridgehead atoms. The Hall–Kier alpha value is -3.15. The number of hydrogen-bond donors (Lipinski definition) is 2. The third-order valence-electron chi connectivity index (χ3n) is 3.82. The maximum Gasteiger partial charge on any atom is 0.258 e. The molecule has 2 aromatic carbocycles. The van der Waals surface area contributed by atoms with Crippen LogP contribution in [0, 0.1) is 0 Å². The summed E-state index contributed by atoms with van der Waals surface area (Å²) in [7, 11) is 3.92. The van der Waals surface area contributed by atoms with Crippen molar-refractivity contribution in [3.8, 4) is 0 Å². The maximum atomic E-state index is 12.5. The van der Waals surface area contributed by atoms with Crippen molar-refractivity contribution in [2.24, 2.45) is 0 Å². The fourth-order valence-corrected chi connectivity index (χ4v) is 2.52. The topological polar surface area (TPSA) is 70.2 Å². The first-order valence-corrected chi connectivity index (χ1v) is 8.18. The molecule has 128 valence electrons. The molecule has 0 saturated carbocycles. The Kier molecular flexibility index (Phi) is 4.79. The van der Waals surface area contributed by atoms with Gasteiger partial charge in [-0.05, 0) is 43.3 Å². The number of benzene rings is 2. The van der Waals surface area contributed by atoms with E-state index in [1.807, 2.05) is 62.3 Å². The molecule has 25 heavy (non-hydrogen) atoms. The summed E-state index contributed by atoms with van der Waals surface area (Å²) < 4.78 is 0. The van der Waals surface area contributed by atoms with Crippen molar-refractivity contribution in [1.82, 2.24) is 9.97 Å². The van der Waals surface area contributed by atoms with Crippen molar-refractivity contribution in [2.45, 2.75) is 6.92 Å². The third-order valence-corrected chi connectivity index (χ3v) is 3.82. The van der Waals surface area contributed by atoms with Crippen LogP contribution in [-0.4, -0.2) is 36.5 Å². The number of carbonyl (C=O) groups excluding carboxylic acids is 1. The molecule has 0 aliphatic carbocycles. The van der Waals surface area contributed by atoms with E-state index in [2.05, 4.69) is 20.6 Å². The molecule has 0 spiro atoms. The van der Waals surface area contributed by atoms with E-state index in [0.29, 0.717) is 11.4 Å². The van der Waals surface area contributed by atoms with E-state index < -0.39 is 0 Å². The van der Waals surface area contributed by atoms with Crippen molar-refractivity contribution in [3.05, 3.63) is 54.1 Å². The average Bonchev–Trinajstić information content (AvgIpc) is 2.62. The molecular formula is C19H21N5O. The van der Waals surface area contributed by atoms with E-state index in [-0.39, 0.29) is 11.9 Å². The van der Waals surface area contributed by atoms with Crippen molar-refractivity contribution >= 4 is 34.3 Å². The average molecular weight is 335 g/mol. The van der Waals surface area contributed by atoms with Gasteiger partial charge >= 0.3 is 0 Å². The zero-order valence-electron chi connectivity index (χ0n) is 14.6. The van der Waals surface area contributed by atoms with E-state index >= 15 is 0 Å². The minimum atomic E-state index is -0.233. The van der Waals surface area contributed by atoms with Crippen LogP contribution in [0.15, 0.2) is 48.5 Å². The second-order valence-corrected chi connectivity index (χ2v) is 5.84. The summed E-state index contributed by atoms with van der Waals surface area (Å²) in [6.07, 6.45) is 0. The van der Waals surface area contributed by atoms with Crippen LogP contribution in [0.1, 0.15) is 17.3 Å². The molecule has 0 saturated heterocycles. The Labute approximate surface area is 146 Å². The minimum absolute atomic E-state index is 0.233. The first-order chi connectivity index (χ1) is 12.1. The Bertz CT molecular complexity index is 890. The molecule has 2 N–H and O–H groups in total. The highest BCUT2D eigenvalue weighted by molar-refractivity contribution is 6.04. The van der Waals surface area contributed by atoms with Crippen LogP contribution in [0.5, 0.6) is 0 Å². The maximum absolute atomic E-state index is 12.5. The lowest BCUT2D eigenvalue weighted by Crippen LogP contribution is -2.16. The Morgan fingerprint density at radius 2 is 1.76 bits per heavy atom. The van der Waals surface area contributed by atoms with E-state index in [1.165, 1.54) is 0 Å². The molecule has 0 atom stereocenters. The zero-order chi connectivity index (χ0) is 17.8. The number of amides is 1. The quantitative estimate of drug-likeness (QED) is 0.748. The summed E-state index contributed by atoms with van der Waals surface area (Å²) in [6, 6.07) is 15.1. The monoisotopic (exact) mass is 335 g/mol. The molecule has 0 unspecified atom stereocenters. The summed E-state index contributed by atoms with van der Waals surface area (Å²) >= 11 is 0. The number of nitrogens with one attached hydrogen (secondary N) is 2. The van der Waals surface area contributed by atoms with E-state index in [0.717, 1.165) is 23.1 Å². The molecular weight excluding hydrogens is 314 g/mol. The van der Waals surface area contributed by atoms with Crippen LogP contribution in [0.25, 0.3) is 10.9 Å². The van der Waals surface area contributed by atoms with Crippen LogP contribution in [0.3, 0.4) is 0 Å². The molecule has 3 aromatic rings. The molecule has 1 heterocycles. The molecule has 0 aliphatic heterocycles. The van der Waals surface area contributed by atoms with Gasteiger partial charge in [0.1, 0.15) is 5.82 Å². The van der Waals surface area contributed by atoms with Crippen molar-refractivity contribution < 1.29 is 4.79 Å². The summed E-state index contributed by atoms with van der Waals surface area (Å²) in [6.45, 7) is 2.74. The fourth-order valence-electron chi connectivity index (χ4n) is 2.52. The fraction of sp³-hybridized carbons (Fsp3) is 0.211. The highest BCUT2D eigenvalue weighted by Crippen LogP contribution is 2.22. The van der Waals surface area contributed by atoms with Crippen LogP contribution < -0.4 is 15.5 Å². The molecule has 3 rings (SSSR count). The first-order valence-electron chi connectivity index (χ1n) is 8.18. The zero-order valence-corrected chi connectivity index (χ0v) is 14.6. The van der Waals surface area contributed by atoms with Crippen molar-refractivity contribution in [1.29, 1.82) is 0 Å². The molecule has 0 radical (unpaired) electrons. The SMILES string of the molecule is CCNc1nc(NC(=O)c2ccc(N(C)C)cc2)nc2ccccc12. The van der Waals surface area contributed by atoms with E-state index in [1.54, 1.807) is 12.1 Å². The number of hydrogen-bond acceptors (Lipinski definition) is 5. The predicted octanol–water partition coefficient (Wildman–Crippen LogP) is 3.38. The van der Waals surface area contributed by atoms with E-state index in [9.17, 15) is 4.79 Å². The van der Waals surface area contributed by atoms with Crippen molar-refractivity contribution in [3.63, 3.8) is 0 Å². The van der Waals surface area contributed by atoms with Crippen LogP contribution >= 0.6 is 0 Å². The summed E-state index contributed by atoms with van der Waals surface area (Å²) in [5.41, 5.74) is 2.38. The molecule has 1 amide bonds. The van der Waals surface area contributed by atoms with Gasteiger partial charge in [0.05, 0.1) is 5.52 Å². The number of rotatable bonds is 5. The van der Waals surface area contributed by atoms with Gasteiger partial charge in [-0.25, -0.2) is 4.98 Å². The van der Waals surface area contributed by atoms with Crippen LogP contribution in [-0.2, 0) is 0 Å². The second-order valence-electron chi connectivity index (χ2n) is 5.84. The lowest BCUT2D eigenvalue weighted by Gasteiger charge is -2.13. The van der Waals surface area contributed by atoms with Crippen LogP contribution in [0.2, 0.25) is 0 Å². The molecule has 0 fully saturated rings. The summed E-state index contributed by atoms with van der Waals surface area (Å²) in [5, 5.41) is 6.93. The van der Waals surface area contributed by atoms with Crippen molar-refractivity contribution in [2.75, 3.05) is 36.2 Å².